The Morgan fingerprint density at radius 3 is 2.52 bits per heavy atom. The number of aliphatic hydroxyl groups is 1. The minimum absolute atomic E-state index is 0.149. The molecule has 1 heterocycles. The summed E-state index contributed by atoms with van der Waals surface area (Å²) in [6.07, 6.45) is 0.386. The molecule has 1 aliphatic rings. The molecule has 13 heteroatoms. The van der Waals surface area contributed by atoms with Gasteiger partial charge in [-0.05, 0) is 72.1 Å². The van der Waals surface area contributed by atoms with Gasteiger partial charge < -0.3 is 39.4 Å². The van der Waals surface area contributed by atoms with E-state index in [0.29, 0.717) is 57.5 Å². The van der Waals surface area contributed by atoms with Crippen molar-refractivity contribution >= 4 is 34.1 Å². The summed E-state index contributed by atoms with van der Waals surface area (Å²) in [5.41, 5.74) is 4.58. The number of amides is 2. The van der Waals surface area contributed by atoms with E-state index in [2.05, 4.69) is 37.1 Å². The zero-order valence-corrected chi connectivity index (χ0v) is 24.5. The van der Waals surface area contributed by atoms with Crippen molar-refractivity contribution in [3.63, 3.8) is 0 Å². The Hall–Kier alpha value is -3.97. The minimum Gasteiger partial charge on any atom is -0.492 e. The Morgan fingerprint density at radius 1 is 1.12 bits per heavy atom. The lowest BCUT2D eigenvalue weighted by atomic mass is 9.95. The van der Waals surface area contributed by atoms with Crippen molar-refractivity contribution in [3.8, 4) is 23.0 Å². The lowest BCUT2D eigenvalue weighted by Crippen LogP contribution is -2.45. The standard InChI is InChI=1S/C27H33BrN4O8/c1-6-38-20-12-17(24-23(26(34)37-5)15(3)30-27(35)31-24)8-9-19(20)40-14-22(33)32-29-13-16-10-18(28)25(36-4)21(11-16)39-7-2/h8-13,22,24,32-33H,6-7,14H2,1-5H3,(H2,30,31,35)/b29-13+/t22-,24-/m1/s1. The molecule has 0 bridgehead atoms. The minimum atomic E-state index is -1.14. The van der Waals surface area contributed by atoms with Gasteiger partial charge in [0.2, 0.25) is 0 Å². The van der Waals surface area contributed by atoms with Crippen LogP contribution >= 0.6 is 15.9 Å². The predicted octanol–water partition coefficient (Wildman–Crippen LogP) is 3.38. The summed E-state index contributed by atoms with van der Waals surface area (Å²) in [6.45, 7) is 5.97. The monoisotopic (exact) mass is 620 g/mol. The molecule has 0 saturated heterocycles. The SMILES string of the molecule is CCOc1cc([C@H]2NC(=O)NC(C)=C2C(=O)OC)ccc1OC[C@@H](O)N/N=C/c1cc(Br)c(OC)c(OCC)c1. The van der Waals surface area contributed by atoms with Crippen molar-refractivity contribution in [1.29, 1.82) is 0 Å². The Kier molecular flexibility index (Phi) is 11.0. The van der Waals surface area contributed by atoms with E-state index in [-0.39, 0.29) is 12.2 Å². The van der Waals surface area contributed by atoms with Crippen molar-refractivity contribution in [3.05, 3.63) is 57.2 Å². The van der Waals surface area contributed by atoms with E-state index in [1.165, 1.54) is 13.3 Å². The van der Waals surface area contributed by atoms with Crippen LogP contribution in [0.1, 0.15) is 37.9 Å². The Morgan fingerprint density at radius 2 is 1.85 bits per heavy atom. The van der Waals surface area contributed by atoms with E-state index in [1.54, 1.807) is 44.4 Å². The fourth-order valence-electron chi connectivity index (χ4n) is 3.94. The second kappa shape index (κ2) is 14.4. The average Bonchev–Trinajstić information content (AvgIpc) is 2.92. The van der Waals surface area contributed by atoms with Gasteiger partial charge in [-0.1, -0.05) is 6.07 Å². The number of esters is 1. The van der Waals surface area contributed by atoms with Gasteiger partial charge in [0.25, 0.3) is 0 Å². The average molecular weight is 621 g/mol. The summed E-state index contributed by atoms with van der Waals surface area (Å²) in [7, 11) is 2.83. The predicted molar refractivity (Wildman–Crippen MR) is 151 cm³/mol. The number of allylic oxidation sites excluding steroid dienone is 1. The molecule has 2 aromatic rings. The summed E-state index contributed by atoms with van der Waals surface area (Å²) in [4.78, 5) is 24.5. The highest BCUT2D eigenvalue weighted by Crippen LogP contribution is 2.36. The van der Waals surface area contributed by atoms with Crippen molar-refractivity contribution in [2.75, 3.05) is 34.0 Å². The molecule has 2 amide bonds. The van der Waals surface area contributed by atoms with Crippen LogP contribution in [0.2, 0.25) is 0 Å². The first-order chi connectivity index (χ1) is 19.2. The summed E-state index contributed by atoms with van der Waals surface area (Å²) < 4.78 is 28.1. The molecule has 1 aliphatic heterocycles. The van der Waals surface area contributed by atoms with Crippen LogP contribution in [0.3, 0.4) is 0 Å². The summed E-state index contributed by atoms with van der Waals surface area (Å²) in [5, 5.41) is 19.8. The Labute approximate surface area is 240 Å². The molecular weight excluding hydrogens is 588 g/mol. The maximum Gasteiger partial charge on any atom is 0.337 e. The number of carbonyl (C=O) groups is 2. The van der Waals surface area contributed by atoms with E-state index in [9.17, 15) is 14.7 Å². The molecule has 0 fully saturated rings. The molecule has 40 heavy (non-hydrogen) atoms. The van der Waals surface area contributed by atoms with Crippen LogP contribution in [0.25, 0.3) is 0 Å². The number of hydrogen-bond donors (Lipinski definition) is 4. The van der Waals surface area contributed by atoms with Gasteiger partial charge in [-0.25, -0.2) is 9.59 Å². The zero-order valence-electron chi connectivity index (χ0n) is 22.9. The van der Waals surface area contributed by atoms with E-state index in [1.807, 2.05) is 13.8 Å². The smallest absolute Gasteiger partial charge is 0.337 e. The number of benzene rings is 2. The van der Waals surface area contributed by atoms with Crippen molar-refractivity contribution in [1.82, 2.24) is 16.1 Å². The molecular formula is C27H33BrN4O8. The molecule has 12 nitrogen and oxygen atoms in total. The third kappa shape index (κ3) is 7.57. The van der Waals surface area contributed by atoms with Crippen LogP contribution in [0.15, 0.2) is 51.2 Å². The fraction of sp³-hybridized carbons (Fsp3) is 0.370. The van der Waals surface area contributed by atoms with Crippen molar-refractivity contribution < 1.29 is 38.4 Å². The number of methoxy groups -OCH3 is 2. The summed E-state index contributed by atoms with van der Waals surface area (Å²) >= 11 is 3.45. The maximum atomic E-state index is 12.4. The van der Waals surface area contributed by atoms with Gasteiger partial charge in [0.15, 0.2) is 29.2 Å². The molecule has 0 unspecified atom stereocenters. The van der Waals surface area contributed by atoms with Crippen LogP contribution < -0.4 is 35.0 Å². The van der Waals surface area contributed by atoms with Crippen LogP contribution in [-0.4, -0.2) is 63.6 Å². The van der Waals surface area contributed by atoms with E-state index in [4.69, 9.17) is 23.7 Å². The number of nitrogens with one attached hydrogen (secondary N) is 3. The van der Waals surface area contributed by atoms with Gasteiger partial charge in [0.05, 0.1) is 49.7 Å². The molecule has 0 spiro atoms. The molecule has 2 aromatic carbocycles. The molecule has 0 saturated carbocycles. The number of aliphatic hydroxyl groups excluding tert-OH is 1. The largest absolute Gasteiger partial charge is 0.492 e. The lowest BCUT2D eigenvalue weighted by Gasteiger charge is -2.28. The zero-order chi connectivity index (χ0) is 29.2. The number of rotatable bonds is 13. The normalized spacial score (nSPS) is 15.7. The molecule has 216 valence electrons. The van der Waals surface area contributed by atoms with Crippen LogP contribution in [-0.2, 0) is 9.53 Å². The number of hydrazone groups is 1. The Balaban J connectivity index is 1.70. The highest BCUT2D eigenvalue weighted by atomic mass is 79.9. The summed E-state index contributed by atoms with van der Waals surface area (Å²) in [5.74, 6) is 1.30. The number of hydrogen-bond acceptors (Lipinski definition) is 10. The molecule has 4 N–H and O–H groups in total. The molecule has 0 radical (unpaired) electrons. The molecule has 0 aliphatic carbocycles. The highest BCUT2D eigenvalue weighted by molar-refractivity contribution is 9.10. The molecule has 2 atom stereocenters. The number of urea groups is 1. The Bertz CT molecular complexity index is 1280. The van der Waals surface area contributed by atoms with Crippen LogP contribution in [0.4, 0.5) is 4.79 Å². The van der Waals surface area contributed by atoms with E-state index in [0.717, 1.165) is 0 Å². The van der Waals surface area contributed by atoms with Crippen molar-refractivity contribution in [2.24, 2.45) is 5.10 Å². The van der Waals surface area contributed by atoms with Gasteiger partial charge in [-0.2, -0.15) is 5.10 Å². The number of nitrogens with zero attached hydrogens (tertiary/aromatic N) is 1. The summed E-state index contributed by atoms with van der Waals surface area (Å²) in [6, 6.07) is 7.37. The van der Waals surface area contributed by atoms with Gasteiger partial charge in [0, 0.05) is 5.70 Å². The first-order valence-corrected chi connectivity index (χ1v) is 13.2. The van der Waals surface area contributed by atoms with Gasteiger partial charge in [-0.3, -0.25) is 5.43 Å². The molecule has 0 aromatic heterocycles. The first kappa shape index (κ1) is 30.6. The van der Waals surface area contributed by atoms with E-state index >= 15 is 0 Å². The van der Waals surface area contributed by atoms with E-state index < -0.39 is 24.3 Å². The van der Waals surface area contributed by atoms with Gasteiger partial charge in [0.1, 0.15) is 6.61 Å². The highest BCUT2D eigenvalue weighted by Gasteiger charge is 2.32. The second-order valence-electron chi connectivity index (χ2n) is 8.38. The molecule has 3 rings (SSSR count). The number of ether oxygens (including phenoxy) is 5. The number of carbonyl (C=O) groups excluding carboxylic acids is 2. The number of halogens is 1. The first-order valence-electron chi connectivity index (χ1n) is 12.4. The lowest BCUT2D eigenvalue weighted by molar-refractivity contribution is -0.136. The van der Waals surface area contributed by atoms with Gasteiger partial charge in [-0.15, -0.1) is 0 Å². The quantitative estimate of drug-likeness (QED) is 0.114. The third-order valence-corrected chi connectivity index (χ3v) is 6.23. The maximum absolute atomic E-state index is 12.4. The third-order valence-electron chi connectivity index (χ3n) is 5.65. The second-order valence-corrected chi connectivity index (χ2v) is 9.24. The van der Waals surface area contributed by atoms with Gasteiger partial charge >= 0.3 is 12.0 Å². The van der Waals surface area contributed by atoms with Crippen molar-refractivity contribution in [2.45, 2.75) is 33.0 Å². The topological polar surface area (TPSA) is 149 Å². The van der Waals surface area contributed by atoms with Crippen LogP contribution in [0.5, 0.6) is 23.0 Å². The fourth-order valence-corrected chi connectivity index (χ4v) is 4.57. The van der Waals surface area contributed by atoms with Crippen LogP contribution in [0, 0.1) is 0 Å².